The number of ether oxygens (including phenoxy) is 2. The molecule has 0 spiro atoms. The number of anilines is 1. The van der Waals surface area contributed by atoms with Crippen LogP contribution in [-0.2, 0) is 9.47 Å². The zero-order valence-corrected chi connectivity index (χ0v) is 11.3. The molecule has 2 rings (SSSR count). The van der Waals surface area contributed by atoms with Crippen LogP contribution in [0, 0.1) is 13.8 Å². The molecule has 5 nitrogen and oxygen atoms in total. The van der Waals surface area contributed by atoms with Crippen molar-refractivity contribution in [2.45, 2.75) is 39.3 Å². The predicted octanol–water partition coefficient (Wildman–Crippen LogP) is 1.70. The molecule has 1 saturated heterocycles. The van der Waals surface area contributed by atoms with Gasteiger partial charge in [-0.05, 0) is 27.2 Å². The van der Waals surface area contributed by atoms with E-state index in [9.17, 15) is 0 Å². The molecule has 0 aromatic carbocycles. The number of nitrogens with zero attached hydrogens (tertiary/aromatic N) is 2. The van der Waals surface area contributed by atoms with E-state index >= 15 is 0 Å². The van der Waals surface area contributed by atoms with E-state index in [-0.39, 0.29) is 12.1 Å². The van der Waals surface area contributed by atoms with Crippen molar-refractivity contribution in [2.24, 2.45) is 0 Å². The minimum absolute atomic E-state index is 0.222. The maximum absolute atomic E-state index is 5.77. The Balaban J connectivity index is 1.80. The van der Waals surface area contributed by atoms with Crippen LogP contribution in [0.1, 0.15) is 24.9 Å². The molecule has 0 amide bonds. The summed E-state index contributed by atoms with van der Waals surface area (Å²) in [5.74, 6) is 1.65. The maximum Gasteiger partial charge on any atom is 0.130 e. The highest BCUT2D eigenvalue weighted by atomic mass is 16.5. The molecule has 0 radical (unpaired) electrons. The third-order valence-corrected chi connectivity index (χ3v) is 2.83. The second kappa shape index (κ2) is 6.11. The van der Waals surface area contributed by atoms with Crippen molar-refractivity contribution in [3.05, 3.63) is 17.6 Å². The average Bonchev–Trinajstić information content (AvgIpc) is 2.77. The van der Waals surface area contributed by atoms with E-state index in [1.54, 1.807) is 0 Å². The number of nitrogens with one attached hydrogen (secondary N) is 1. The minimum Gasteiger partial charge on any atom is -0.379 e. The van der Waals surface area contributed by atoms with Crippen LogP contribution in [0.5, 0.6) is 0 Å². The number of aromatic nitrogens is 2. The van der Waals surface area contributed by atoms with E-state index in [2.05, 4.69) is 22.2 Å². The fourth-order valence-electron chi connectivity index (χ4n) is 2.01. The molecule has 1 N–H and O–H groups in total. The lowest BCUT2D eigenvalue weighted by atomic mass is 10.3. The Morgan fingerprint density at radius 3 is 3.00 bits per heavy atom. The Labute approximate surface area is 108 Å². The van der Waals surface area contributed by atoms with Crippen LogP contribution in [-0.4, -0.2) is 41.9 Å². The van der Waals surface area contributed by atoms with Gasteiger partial charge >= 0.3 is 0 Å². The van der Waals surface area contributed by atoms with Crippen LogP contribution in [0.25, 0.3) is 0 Å². The molecule has 18 heavy (non-hydrogen) atoms. The number of aryl methyl sites for hydroxylation is 2. The summed E-state index contributed by atoms with van der Waals surface area (Å²) < 4.78 is 11.0. The van der Waals surface area contributed by atoms with Crippen molar-refractivity contribution in [2.75, 3.05) is 25.1 Å². The Kier molecular flexibility index (Phi) is 4.49. The molecular formula is C13H21N3O2. The highest BCUT2D eigenvalue weighted by Crippen LogP contribution is 2.11. The maximum atomic E-state index is 5.77. The van der Waals surface area contributed by atoms with Gasteiger partial charge in [0, 0.05) is 24.4 Å². The zero-order valence-electron chi connectivity index (χ0n) is 11.3. The highest BCUT2D eigenvalue weighted by Gasteiger charge is 2.17. The molecule has 0 bridgehead atoms. The molecule has 5 heteroatoms. The molecule has 2 atom stereocenters. The van der Waals surface area contributed by atoms with E-state index in [0.717, 1.165) is 37.0 Å². The number of rotatable bonds is 5. The van der Waals surface area contributed by atoms with Crippen molar-refractivity contribution >= 4 is 5.82 Å². The normalized spacial score (nSPS) is 20.9. The van der Waals surface area contributed by atoms with Crippen LogP contribution >= 0.6 is 0 Å². The molecular weight excluding hydrogens is 230 g/mol. The summed E-state index contributed by atoms with van der Waals surface area (Å²) >= 11 is 0. The first kappa shape index (κ1) is 13.2. The van der Waals surface area contributed by atoms with Gasteiger partial charge in [0.2, 0.25) is 0 Å². The lowest BCUT2D eigenvalue weighted by molar-refractivity contribution is 0.0395. The first-order chi connectivity index (χ1) is 8.63. The van der Waals surface area contributed by atoms with Crippen LogP contribution < -0.4 is 5.32 Å². The van der Waals surface area contributed by atoms with Crippen LogP contribution in [0.15, 0.2) is 6.07 Å². The van der Waals surface area contributed by atoms with E-state index < -0.39 is 0 Å². The van der Waals surface area contributed by atoms with Gasteiger partial charge in [0.15, 0.2) is 0 Å². The Bertz CT molecular complexity index is 372. The van der Waals surface area contributed by atoms with Crippen LogP contribution in [0.2, 0.25) is 0 Å². The summed E-state index contributed by atoms with van der Waals surface area (Å²) in [5.41, 5.74) is 0.974. The average molecular weight is 251 g/mol. The van der Waals surface area contributed by atoms with Crippen molar-refractivity contribution in [1.29, 1.82) is 0 Å². The first-order valence-corrected chi connectivity index (χ1v) is 6.41. The largest absolute Gasteiger partial charge is 0.379 e. The number of hydrogen-bond donors (Lipinski definition) is 1. The summed E-state index contributed by atoms with van der Waals surface area (Å²) in [6, 6.07) is 2.17. The molecule has 1 aromatic rings. The fraction of sp³-hybridized carbons (Fsp3) is 0.692. The minimum atomic E-state index is 0.222. The van der Waals surface area contributed by atoms with Crippen LogP contribution in [0.4, 0.5) is 5.82 Å². The summed E-state index contributed by atoms with van der Waals surface area (Å²) in [4.78, 5) is 8.60. The molecule has 0 saturated carbocycles. The third kappa shape index (κ3) is 3.92. The van der Waals surface area contributed by atoms with Gasteiger partial charge in [-0.15, -0.1) is 0 Å². The monoisotopic (exact) mass is 251 g/mol. The fourth-order valence-corrected chi connectivity index (χ4v) is 2.01. The van der Waals surface area contributed by atoms with Gasteiger partial charge in [-0.2, -0.15) is 0 Å². The van der Waals surface area contributed by atoms with E-state index in [1.807, 2.05) is 19.9 Å². The molecule has 1 fully saturated rings. The van der Waals surface area contributed by atoms with Crippen LogP contribution in [0.3, 0.4) is 0 Å². The first-order valence-electron chi connectivity index (χ1n) is 6.41. The SMILES string of the molecule is Cc1cc(NC(C)COC2CCOC2)nc(C)n1. The summed E-state index contributed by atoms with van der Waals surface area (Å²) in [6.07, 6.45) is 1.25. The second-order valence-electron chi connectivity index (χ2n) is 4.81. The van der Waals surface area contributed by atoms with Gasteiger partial charge in [0.1, 0.15) is 11.6 Å². The zero-order chi connectivity index (χ0) is 13.0. The molecule has 1 aliphatic heterocycles. The Morgan fingerprint density at radius 2 is 2.33 bits per heavy atom. The van der Waals surface area contributed by atoms with Gasteiger partial charge in [0.05, 0.1) is 19.3 Å². The van der Waals surface area contributed by atoms with Gasteiger partial charge < -0.3 is 14.8 Å². The lowest BCUT2D eigenvalue weighted by Crippen LogP contribution is -2.26. The van der Waals surface area contributed by atoms with Crippen molar-refractivity contribution < 1.29 is 9.47 Å². The van der Waals surface area contributed by atoms with E-state index in [1.165, 1.54) is 0 Å². The Morgan fingerprint density at radius 1 is 1.50 bits per heavy atom. The molecule has 2 heterocycles. The quantitative estimate of drug-likeness (QED) is 0.863. The molecule has 100 valence electrons. The Hall–Kier alpha value is -1.20. The van der Waals surface area contributed by atoms with E-state index in [0.29, 0.717) is 6.61 Å². The smallest absolute Gasteiger partial charge is 0.130 e. The molecule has 1 aliphatic rings. The van der Waals surface area contributed by atoms with Crippen molar-refractivity contribution in [3.8, 4) is 0 Å². The van der Waals surface area contributed by atoms with Crippen molar-refractivity contribution in [1.82, 2.24) is 9.97 Å². The second-order valence-corrected chi connectivity index (χ2v) is 4.81. The predicted molar refractivity (Wildman–Crippen MR) is 69.8 cm³/mol. The van der Waals surface area contributed by atoms with Gasteiger partial charge in [-0.3, -0.25) is 0 Å². The standard InChI is InChI=1S/C13H21N3O2/c1-9-6-13(16-11(3)14-9)15-10(2)7-18-12-4-5-17-8-12/h6,10,12H,4-5,7-8H2,1-3H3,(H,14,15,16). The third-order valence-electron chi connectivity index (χ3n) is 2.83. The molecule has 1 aromatic heterocycles. The lowest BCUT2D eigenvalue weighted by Gasteiger charge is -2.17. The molecule has 0 aliphatic carbocycles. The molecule has 2 unspecified atom stereocenters. The topological polar surface area (TPSA) is 56.3 Å². The summed E-state index contributed by atoms with van der Waals surface area (Å²) in [6.45, 7) is 8.15. The highest BCUT2D eigenvalue weighted by molar-refractivity contribution is 5.36. The van der Waals surface area contributed by atoms with Gasteiger partial charge in [-0.1, -0.05) is 0 Å². The van der Waals surface area contributed by atoms with Crippen molar-refractivity contribution in [3.63, 3.8) is 0 Å². The van der Waals surface area contributed by atoms with Gasteiger partial charge in [0.25, 0.3) is 0 Å². The number of hydrogen-bond acceptors (Lipinski definition) is 5. The van der Waals surface area contributed by atoms with Gasteiger partial charge in [-0.25, -0.2) is 9.97 Å². The summed E-state index contributed by atoms with van der Waals surface area (Å²) in [7, 11) is 0. The summed E-state index contributed by atoms with van der Waals surface area (Å²) in [5, 5.41) is 3.33. The van der Waals surface area contributed by atoms with E-state index in [4.69, 9.17) is 9.47 Å².